The first-order chi connectivity index (χ1) is 35.6. The number of rotatable bonds is 7. The zero-order chi connectivity index (χ0) is 47.7. The lowest BCUT2D eigenvalue weighted by Crippen LogP contribution is -2.25. The number of aromatic nitrogens is 3. The van der Waals surface area contributed by atoms with Gasteiger partial charge in [-0.2, -0.15) is 0 Å². The van der Waals surface area contributed by atoms with Crippen LogP contribution in [0.15, 0.2) is 241 Å². The SMILES string of the molecule is N=C(N=C(Nn1c2ccccc2c2cc(-c3cccc4c(-c5ccc6c(c5)c5ccccc5n6-c5ccc6c(c5)c5c(n6-c6ccccc6)C=NCC5)cccc34)ccc21)c1ccccc1)c1ccccc1. The van der Waals surface area contributed by atoms with Gasteiger partial charge in [-0.1, -0.05) is 164 Å². The lowest BCUT2D eigenvalue weighted by Gasteiger charge is -2.15. The number of benzene rings is 10. The van der Waals surface area contributed by atoms with Gasteiger partial charge in [-0.3, -0.25) is 20.5 Å². The third-order valence-electron chi connectivity index (χ3n) is 14.5. The first-order valence-electron chi connectivity index (χ1n) is 24.5. The predicted molar refractivity (Wildman–Crippen MR) is 301 cm³/mol. The standard InChI is InChI=1S/C65H45N7/c66-64(42-16-4-1-5-17-42)68-65(43-18-6-2-7-19-43)69-72-61-29-13-11-23-53(61)56-39-45(31-34-62(56)72)49-25-15-26-50-48(24-14-27-51(49)50)44-30-33-59-55(38-44)52-22-10-12-28-58(52)71(59)47-32-35-60-57(40-47)54-36-37-67-41-63(54)70(60)46-20-8-3-9-21-46/h1-35,38-41H,36-37H2,(H2,66,68,69). The van der Waals surface area contributed by atoms with E-state index in [0.29, 0.717) is 5.84 Å². The van der Waals surface area contributed by atoms with Gasteiger partial charge in [0.1, 0.15) is 0 Å². The Morgan fingerprint density at radius 2 is 0.958 bits per heavy atom. The fraction of sp³-hybridized carbons (Fsp3) is 0.0308. The lowest BCUT2D eigenvalue weighted by molar-refractivity contribution is 0.940. The van der Waals surface area contributed by atoms with E-state index in [0.717, 1.165) is 62.8 Å². The monoisotopic (exact) mass is 923 g/mol. The van der Waals surface area contributed by atoms with Crippen LogP contribution in [0.2, 0.25) is 0 Å². The molecule has 10 aromatic carbocycles. The highest BCUT2D eigenvalue weighted by Gasteiger charge is 2.22. The topological polar surface area (TPSA) is 75.4 Å². The summed E-state index contributed by atoms with van der Waals surface area (Å²) in [7, 11) is 0. The summed E-state index contributed by atoms with van der Waals surface area (Å²) in [6, 6.07) is 81.7. The molecule has 0 amide bonds. The molecule has 2 N–H and O–H groups in total. The van der Waals surface area contributed by atoms with Gasteiger partial charge in [0.05, 0.1) is 33.3 Å². The molecule has 1 aliphatic heterocycles. The molecule has 0 saturated carbocycles. The molecule has 0 bridgehead atoms. The summed E-state index contributed by atoms with van der Waals surface area (Å²) < 4.78 is 6.91. The van der Waals surface area contributed by atoms with Gasteiger partial charge in [-0.05, 0) is 112 Å². The van der Waals surface area contributed by atoms with E-state index in [1.54, 1.807) is 0 Å². The van der Waals surface area contributed by atoms with Gasteiger partial charge in [0.25, 0.3) is 0 Å². The van der Waals surface area contributed by atoms with Crippen LogP contribution in [0, 0.1) is 5.41 Å². The first kappa shape index (κ1) is 41.4. The Kier molecular flexibility index (Phi) is 9.67. The minimum absolute atomic E-state index is 0.185. The second kappa shape index (κ2) is 16.8. The Morgan fingerprint density at radius 3 is 1.67 bits per heavy atom. The maximum absolute atomic E-state index is 8.95. The maximum atomic E-state index is 8.95. The van der Waals surface area contributed by atoms with E-state index in [4.69, 9.17) is 15.4 Å². The Balaban J connectivity index is 0.863. The number of para-hydroxylation sites is 3. The number of aliphatic imine (C=N–C) groups is 2. The minimum atomic E-state index is 0.185. The highest BCUT2D eigenvalue weighted by Crippen LogP contribution is 2.41. The van der Waals surface area contributed by atoms with Gasteiger partial charge in [-0.25, -0.2) is 4.99 Å². The first-order valence-corrected chi connectivity index (χ1v) is 24.5. The van der Waals surface area contributed by atoms with Crippen LogP contribution in [0.5, 0.6) is 0 Å². The average Bonchev–Trinajstić information content (AvgIpc) is 4.08. The smallest absolute Gasteiger partial charge is 0.154 e. The fourth-order valence-electron chi connectivity index (χ4n) is 11.2. The van der Waals surface area contributed by atoms with Crippen LogP contribution in [0.3, 0.4) is 0 Å². The van der Waals surface area contributed by atoms with E-state index in [1.165, 1.54) is 71.4 Å². The number of hydrogen-bond acceptors (Lipinski definition) is 2. The van der Waals surface area contributed by atoms with Crippen molar-refractivity contribution in [3.8, 4) is 33.6 Å². The summed E-state index contributed by atoms with van der Waals surface area (Å²) in [5.74, 6) is 0.774. The Bertz CT molecular complexity index is 4360. The largest absolute Gasteiger partial charge is 0.309 e. The van der Waals surface area contributed by atoms with Crippen LogP contribution >= 0.6 is 0 Å². The predicted octanol–water partition coefficient (Wildman–Crippen LogP) is 15.3. The van der Waals surface area contributed by atoms with Gasteiger partial charge < -0.3 is 9.13 Å². The molecule has 1 aliphatic rings. The Labute approximate surface area is 415 Å². The zero-order valence-corrected chi connectivity index (χ0v) is 39.2. The van der Waals surface area contributed by atoms with Crippen molar-refractivity contribution in [2.75, 3.05) is 12.0 Å². The second-order valence-electron chi connectivity index (χ2n) is 18.5. The normalized spacial score (nSPS) is 12.7. The molecule has 0 saturated heterocycles. The van der Waals surface area contributed by atoms with Crippen LogP contribution in [-0.2, 0) is 6.42 Å². The van der Waals surface area contributed by atoms with E-state index in [2.05, 4.69) is 195 Å². The van der Waals surface area contributed by atoms with Gasteiger partial charge in [0, 0.05) is 62.2 Å². The molecule has 3 aromatic heterocycles. The van der Waals surface area contributed by atoms with Crippen molar-refractivity contribution in [3.05, 3.63) is 253 Å². The third kappa shape index (κ3) is 6.70. The van der Waals surface area contributed by atoms with Crippen molar-refractivity contribution in [2.45, 2.75) is 6.42 Å². The summed E-state index contributed by atoms with van der Waals surface area (Å²) in [6.07, 6.45) is 2.97. The summed E-state index contributed by atoms with van der Waals surface area (Å²) in [6.45, 7) is 0.799. The molecule has 0 aliphatic carbocycles. The van der Waals surface area contributed by atoms with Gasteiger partial charge >= 0.3 is 0 Å². The van der Waals surface area contributed by atoms with Crippen molar-refractivity contribution in [1.82, 2.24) is 13.8 Å². The number of hydrogen-bond donors (Lipinski definition) is 2. The molecule has 0 radical (unpaired) electrons. The van der Waals surface area contributed by atoms with E-state index >= 15 is 0 Å². The zero-order valence-electron chi connectivity index (χ0n) is 39.2. The molecule has 72 heavy (non-hydrogen) atoms. The minimum Gasteiger partial charge on any atom is -0.309 e. The number of nitrogens with zero attached hydrogens (tertiary/aromatic N) is 5. The molecular weight excluding hydrogens is 879 g/mol. The van der Waals surface area contributed by atoms with Crippen LogP contribution < -0.4 is 5.43 Å². The van der Waals surface area contributed by atoms with Crippen LogP contribution in [0.4, 0.5) is 0 Å². The molecule has 0 spiro atoms. The van der Waals surface area contributed by atoms with Gasteiger partial charge in [0.2, 0.25) is 0 Å². The van der Waals surface area contributed by atoms with Crippen molar-refractivity contribution < 1.29 is 0 Å². The maximum Gasteiger partial charge on any atom is 0.154 e. The number of amidine groups is 2. The molecule has 0 fully saturated rings. The molecule has 7 heteroatoms. The summed E-state index contributed by atoms with van der Waals surface area (Å²) >= 11 is 0. The van der Waals surface area contributed by atoms with Crippen LogP contribution in [-0.4, -0.2) is 38.2 Å². The molecular formula is C65H45N7. The quantitative estimate of drug-likeness (QED) is 0.121. The Hall–Kier alpha value is -9.59. The van der Waals surface area contributed by atoms with Crippen molar-refractivity contribution in [2.24, 2.45) is 9.98 Å². The van der Waals surface area contributed by atoms with Crippen molar-refractivity contribution in [3.63, 3.8) is 0 Å². The molecule has 4 heterocycles. The average molecular weight is 924 g/mol. The number of fused-ring (bicyclic) bond motifs is 10. The third-order valence-corrected chi connectivity index (χ3v) is 14.5. The van der Waals surface area contributed by atoms with Crippen molar-refractivity contribution >= 4 is 83.2 Å². The second-order valence-corrected chi connectivity index (χ2v) is 18.5. The van der Waals surface area contributed by atoms with Crippen LogP contribution in [0.1, 0.15) is 22.4 Å². The highest BCUT2D eigenvalue weighted by atomic mass is 15.4. The summed E-state index contributed by atoms with van der Waals surface area (Å²) in [5, 5.41) is 17.3. The summed E-state index contributed by atoms with van der Waals surface area (Å²) in [5.41, 5.74) is 20.4. The lowest BCUT2D eigenvalue weighted by atomic mass is 9.92. The molecule has 14 rings (SSSR count). The molecule has 13 aromatic rings. The molecule has 0 unspecified atom stereocenters. The van der Waals surface area contributed by atoms with E-state index in [-0.39, 0.29) is 5.84 Å². The van der Waals surface area contributed by atoms with Crippen LogP contribution in [0.25, 0.3) is 98.9 Å². The fourth-order valence-corrected chi connectivity index (χ4v) is 11.2. The van der Waals surface area contributed by atoms with E-state index in [1.807, 2.05) is 60.7 Å². The Morgan fingerprint density at radius 1 is 0.431 bits per heavy atom. The number of nitrogens with one attached hydrogen (secondary N) is 2. The van der Waals surface area contributed by atoms with Gasteiger partial charge in [0.15, 0.2) is 11.7 Å². The summed E-state index contributed by atoms with van der Waals surface area (Å²) in [4.78, 5) is 9.59. The highest BCUT2D eigenvalue weighted by molar-refractivity contribution is 6.17. The van der Waals surface area contributed by atoms with E-state index < -0.39 is 0 Å². The molecule has 7 nitrogen and oxygen atoms in total. The van der Waals surface area contributed by atoms with Crippen molar-refractivity contribution in [1.29, 1.82) is 5.41 Å². The van der Waals surface area contributed by atoms with E-state index in [9.17, 15) is 0 Å². The molecule has 0 atom stereocenters. The van der Waals surface area contributed by atoms with Gasteiger partial charge in [-0.15, -0.1) is 0 Å². The molecule has 340 valence electrons.